The number of likely N-dealkylation sites (tertiary alicyclic amines) is 1. The zero-order valence-electron chi connectivity index (χ0n) is 12.5. The summed E-state index contributed by atoms with van der Waals surface area (Å²) >= 11 is 5.69. The topological polar surface area (TPSA) is 32.3 Å². The minimum Gasteiger partial charge on any atom is -0.343 e. The quantitative estimate of drug-likeness (QED) is 0.926. The Hall–Kier alpha value is -1.13. The normalized spacial score (nSPS) is 22.4. The second-order valence-corrected chi connectivity index (χ2v) is 6.07. The standard InChI is InChI=1S/C16H22ClFN2O/c1-3-13-10-20(11(2)21)7-6-16(13)19-9-12-4-5-14(17)15(18)8-12/h4-5,8,13,16,19H,3,6-7,9-10H2,1-2H3/t13-,16-/m0/s1. The molecule has 0 spiro atoms. The molecule has 1 aliphatic heterocycles. The third-order valence-electron chi connectivity index (χ3n) is 4.26. The van der Waals surface area contributed by atoms with Crippen molar-refractivity contribution in [3.05, 3.63) is 34.6 Å². The van der Waals surface area contributed by atoms with Crippen molar-refractivity contribution in [3.8, 4) is 0 Å². The zero-order chi connectivity index (χ0) is 15.4. The van der Waals surface area contributed by atoms with Crippen molar-refractivity contribution in [1.29, 1.82) is 0 Å². The van der Waals surface area contributed by atoms with Gasteiger partial charge in [-0.3, -0.25) is 4.79 Å². The molecule has 5 heteroatoms. The van der Waals surface area contributed by atoms with Gasteiger partial charge in [-0.2, -0.15) is 0 Å². The van der Waals surface area contributed by atoms with Crippen LogP contribution in [0.2, 0.25) is 5.02 Å². The molecule has 2 rings (SSSR count). The highest BCUT2D eigenvalue weighted by Crippen LogP contribution is 2.21. The number of rotatable bonds is 4. The lowest BCUT2D eigenvalue weighted by Crippen LogP contribution is -2.50. The first-order chi connectivity index (χ1) is 10.0. The van der Waals surface area contributed by atoms with E-state index >= 15 is 0 Å². The molecular weight excluding hydrogens is 291 g/mol. The Morgan fingerprint density at radius 1 is 1.52 bits per heavy atom. The van der Waals surface area contributed by atoms with Gasteiger partial charge in [0.15, 0.2) is 0 Å². The number of benzene rings is 1. The summed E-state index contributed by atoms with van der Waals surface area (Å²) < 4.78 is 13.4. The van der Waals surface area contributed by atoms with E-state index in [1.807, 2.05) is 11.0 Å². The van der Waals surface area contributed by atoms with E-state index in [4.69, 9.17) is 11.6 Å². The van der Waals surface area contributed by atoms with Crippen LogP contribution in [0.4, 0.5) is 4.39 Å². The summed E-state index contributed by atoms with van der Waals surface area (Å²) in [5.41, 5.74) is 0.890. The first kappa shape index (κ1) is 16.2. The molecule has 1 fully saturated rings. The maximum absolute atomic E-state index is 13.4. The average molecular weight is 313 g/mol. The van der Waals surface area contributed by atoms with E-state index in [0.29, 0.717) is 18.5 Å². The third-order valence-corrected chi connectivity index (χ3v) is 4.56. The van der Waals surface area contributed by atoms with E-state index in [-0.39, 0.29) is 16.7 Å². The molecule has 21 heavy (non-hydrogen) atoms. The number of hydrogen-bond acceptors (Lipinski definition) is 2. The molecular formula is C16H22ClFN2O. The molecule has 2 atom stereocenters. The highest BCUT2D eigenvalue weighted by Gasteiger charge is 2.28. The lowest BCUT2D eigenvalue weighted by Gasteiger charge is -2.38. The SMILES string of the molecule is CC[C@H]1CN(C(C)=O)CC[C@@H]1NCc1ccc(Cl)c(F)c1. The lowest BCUT2D eigenvalue weighted by atomic mass is 9.89. The van der Waals surface area contributed by atoms with Crippen LogP contribution in [0.3, 0.4) is 0 Å². The molecule has 1 N–H and O–H groups in total. The monoisotopic (exact) mass is 312 g/mol. The van der Waals surface area contributed by atoms with Gasteiger partial charge in [0, 0.05) is 32.6 Å². The smallest absolute Gasteiger partial charge is 0.219 e. The minimum absolute atomic E-state index is 0.145. The first-order valence-corrected chi connectivity index (χ1v) is 7.82. The van der Waals surface area contributed by atoms with Gasteiger partial charge in [0.05, 0.1) is 5.02 Å². The third kappa shape index (κ3) is 4.17. The van der Waals surface area contributed by atoms with Gasteiger partial charge in [0.2, 0.25) is 5.91 Å². The fraction of sp³-hybridized carbons (Fsp3) is 0.562. The molecule has 116 valence electrons. The van der Waals surface area contributed by atoms with Gasteiger partial charge in [-0.05, 0) is 30.0 Å². The molecule has 0 aromatic heterocycles. The van der Waals surface area contributed by atoms with E-state index in [2.05, 4.69) is 12.2 Å². The van der Waals surface area contributed by atoms with E-state index < -0.39 is 0 Å². The number of carbonyl (C=O) groups is 1. The molecule has 1 amide bonds. The molecule has 1 saturated heterocycles. The van der Waals surface area contributed by atoms with Gasteiger partial charge in [-0.15, -0.1) is 0 Å². The fourth-order valence-electron chi connectivity index (χ4n) is 2.90. The Kier molecular flexibility index (Phi) is 5.59. The van der Waals surface area contributed by atoms with Gasteiger partial charge < -0.3 is 10.2 Å². The second kappa shape index (κ2) is 7.23. The summed E-state index contributed by atoms with van der Waals surface area (Å²) in [6, 6.07) is 5.26. The summed E-state index contributed by atoms with van der Waals surface area (Å²) in [5.74, 6) is 0.209. The Bertz CT molecular complexity index is 509. The molecule has 1 aromatic carbocycles. The number of piperidine rings is 1. The van der Waals surface area contributed by atoms with Crippen LogP contribution in [-0.2, 0) is 11.3 Å². The molecule has 1 aliphatic rings. The van der Waals surface area contributed by atoms with Crippen LogP contribution in [0.15, 0.2) is 18.2 Å². The van der Waals surface area contributed by atoms with Crippen LogP contribution in [0.5, 0.6) is 0 Å². The lowest BCUT2D eigenvalue weighted by molar-refractivity contribution is -0.131. The maximum Gasteiger partial charge on any atom is 0.219 e. The average Bonchev–Trinajstić information content (AvgIpc) is 2.48. The molecule has 0 radical (unpaired) electrons. The Balaban J connectivity index is 1.93. The summed E-state index contributed by atoms with van der Waals surface area (Å²) in [5, 5.41) is 3.65. The van der Waals surface area contributed by atoms with E-state index in [0.717, 1.165) is 31.5 Å². The van der Waals surface area contributed by atoms with Gasteiger partial charge in [0.25, 0.3) is 0 Å². The number of halogens is 2. The summed E-state index contributed by atoms with van der Waals surface area (Å²) in [6.45, 7) is 5.98. The van der Waals surface area contributed by atoms with Crippen LogP contribution in [0.1, 0.15) is 32.3 Å². The maximum atomic E-state index is 13.4. The summed E-state index contributed by atoms with van der Waals surface area (Å²) in [7, 11) is 0. The van der Waals surface area contributed by atoms with E-state index in [1.165, 1.54) is 6.07 Å². The molecule has 1 aromatic rings. The van der Waals surface area contributed by atoms with E-state index in [1.54, 1.807) is 13.0 Å². The molecule has 0 bridgehead atoms. The largest absolute Gasteiger partial charge is 0.343 e. The minimum atomic E-state index is -0.380. The van der Waals surface area contributed by atoms with Crippen molar-refractivity contribution in [2.75, 3.05) is 13.1 Å². The van der Waals surface area contributed by atoms with Gasteiger partial charge in [-0.1, -0.05) is 31.0 Å². The number of nitrogens with one attached hydrogen (secondary N) is 1. The number of carbonyl (C=O) groups excluding carboxylic acids is 1. The molecule has 1 heterocycles. The molecule has 0 saturated carbocycles. The molecule has 3 nitrogen and oxygen atoms in total. The van der Waals surface area contributed by atoms with Crippen molar-refractivity contribution in [2.24, 2.45) is 5.92 Å². The Morgan fingerprint density at radius 3 is 2.90 bits per heavy atom. The summed E-state index contributed by atoms with van der Waals surface area (Å²) in [6.07, 6.45) is 1.96. The molecule has 0 aliphatic carbocycles. The second-order valence-electron chi connectivity index (χ2n) is 5.66. The van der Waals surface area contributed by atoms with Gasteiger partial charge in [-0.25, -0.2) is 4.39 Å². The predicted molar refractivity (Wildman–Crippen MR) is 82.7 cm³/mol. The number of hydrogen-bond donors (Lipinski definition) is 1. The van der Waals surface area contributed by atoms with Crippen molar-refractivity contribution in [3.63, 3.8) is 0 Å². The van der Waals surface area contributed by atoms with Crippen molar-refractivity contribution in [1.82, 2.24) is 10.2 Å². The highest BCUT2D eigenvalue weighted by molar-refractivity contribution is 6.30. The van der Waals surface area contributed by atoms with Crippen molar-refractivity contribution < 1.29 is 9.18 Å². The van der Waals surface area contributed by atoms with Crippen molar-refractivity contribution in [2.45, 2.75) is 39.3 Å². The van der Waals surface area contributed by atoms with Crippen LogP contribution < -0.4 is 5.32 Å². The first-order valence-electron chi connectivity index (χ1n) is 7.44. The predicted octanol–water partition coefficient (Wildman–Crippen LogP) is 3.22. The Labute approximate surface area is 130 Å². The fourth-order valence-corrected chi connectivity index (χ4v) is 3.02. The zero-order valence-corrected chi connectivity index (χ0v) is 13.3. The number of amides is 1. The Morgan fingerprint density at radius 2 is 2.29 bits per heavy atom. The van der Waals surface area contributed by atoms with Crippen molar-refractivity contribution >= 4 is 17.5 Å². The van der Waals surface area contributed by atoms with Gasteiger partial charge in [0.1, 0.15) is 5.82 Å². The number of nitrogens with zero attached hydrogens (tertiary/aromatic N) is 1. The highest BCUT2D eigenvalue weighted by atomic mass is 35.5. The summed E-state index contributed by atoms with van der Waals surface area (Å²) in [4.78, 5) is 13.4. The van der Waals surface area contributed by atoms with E-state index in [9.17, 15) is 9.18 Å². The van der Waals surface area contributed by atoms with Crippen LogP contribution in [-0.4, -0.2) is 29.9 Å². The van der Waals surface area contributed by atoms with Crippen LogP contribution >= 0.6 is 11.6 Å². The molecule has 0 unspecified atom stereocenters. The van der Waals surface area contributed by atoms with Crippen LogP contribution in [0.25, 0.3) is 0 Å². The van der Waals surface area contributed by atoms with Gasteiger partial charge >= 0.3 is 0 Å². The van der Waals surface area contributed by atoms with Crippen LogP contribution in [0, 0.1) is 11.7 Å².